The van der Waals surface area contributed by atoms with Crippen LogP contribution >= 0.6 is 0 Å². The van der Waals surface area contributed by atoms with E-state index >= 15 is 0 Å². The molecular weight excluding hydrogens is 454 g/mol. The van der Waals surface area contributed by atoms with E-state index in [1.807, 2.05) is 0 Å². The van der Waals surface area contributed by atoms with Gasteiger partial charge >= 0.3 is 0 Å². The quantitative estimate of drug-likeness (QED) is 0.259. The summed E-state index contributed by atoms with van der Waals surface area (Å²) in [6, 6.07) is 19.2. The van der Waals surface area contributed by atoms with Crippen molar-refractivity contribution in [3.63, 3.8) is 0 Å². The van der Waals surface area contributed by atoms with Crippen molar-refractivity contribution in [1.82, 2.24) is 5.32 Å². The van der Waals surface area contributed by atoms with Crippen LogP contribution in [0.2, 0.25) is 0 Å². The third kappa shape index (κ3) is 5.66. The molecule has 9 nitrogen and oxygen atoms in total. The number of hydrogen-bond donors (Lipinski definition) is 5. The number of carbonyl (C=O) groups is 2. The lowest BCUT2D eigenvalue weighted by Crippen LogP contribution is -2.52. The summed E-state index contributed by atoms with van der Waals surface area (Å²) in [4.78, 5) is 25.5. The normalized spacial score (nSPS) is 11.5. The molecule has 34 heavy (non-hydrogen) atoms. The molecule has 0 heterocycles. The van der Waals surface area contributed by atoms with Crippen molar-refractivity contribution < 1.29 is 18.0 Å². The van der Waals surface area contributed by atoms with Gasteiger partial charge in [-0.15, -0.1) is 0 Å². The van der Waals surface area contributed by atoms with Gasteiger partial charge in [0.05, 0.1) is 4.90 Å². The molecule has 7 N–H and O–H groups in total. The Morgan fingerprint density at radius 1 is 0.912 bits per heavy atom. The lowest BCUT2D eigenvalue weighted by molar-refractivity contribution is -0.120. The number of benzene rings is 3. The fraction of sp³-hybridized carbons (Fsp3) is 0.125. The van der Waals surface area contributed by atoms with Gasteiger partial charge in [-0.2, -0.15) is 0 Å². The summed E-state index contributed by atoms with van der Waals surface area (Å²) in [5.41, 5.74) is 6.40. The number of anilines is 1. The number of primary sulfonamides is 1. The van der Waals surface area contributed by atoms with E-state index in [4.69, 9.17) is 16.3 Å². The Labute approximate surface area is 197 Å². The van der Waals surface area contributed by atoms with Gasteiger partial charge in [-0.3, -0.25) is 15.0 Å². The summed E-state index contributed by atoms with van der Waals surface area (Å²) in [5.74, 6) is -1.11. The average Bonchev–Trinajstić information content (AvgIpc) is 2.78. The molecule has 0 radical (unpaired) electrons. The first-order valence-electron chi connectivity index (χ1n) is 10.2. The van der Waals surface area contributed by atoms with E-state index in [2.05, 4.69) is 10.6 Å². The molecule has 3 aromatic rings. The summed E-state index contributed by atoms with van der Waals surface area (Å²) < 4.78 is 23.7. The predicted octanol–water partition coefficient (Wildman–Crippen LogP) is 2.43. The highest BCUT2D eigenvalue weighted by Crippen LogP contribution is 2.27. The first-order chi connectivity index (χ1) is 15.9. The third-order valence-electron chi connectivity index (χ3n) is 5.08. The monoisotopic (exact) mass is 479 g/mol. The molecule has 3 aromatic carbocycles. The summed E-state index contributed by atoms with van der Waals surface area (Å²) >= 11 is 0. The molecule has 10 heteroatoms. The SMILES string of the molecule is CC(C)(NC(=O)c1cccc(C(=N)N)c1)C(=O)Nc1ccc(-c2ccccc2S(N)(=O)=O)cc1. The highest BCUT2D eigenvalue weighted by Gasteiger charge is 2.30. The molecule has 0 unspecified atom stereocenters. The molecule has 0 saturated heterocycles. The Kier molecular flexibility index (Phi) is 6.85. The molecular formula is C24H25N5O4S. The number of carbonyl (C=O) groups excluding carboxylic acids is 2. The first kappa shape index (κ1) is 24.6. The molecule has 0 aliphatic rings. The van der Waals surface area contributed by atoms with Crippen molar-refractivity contribution in [2.75, 3.05) is 5.32 Å². The Morgan fingerprint density at radius 2 is 1.53 bits per heavy atom. The number of nitrogen functional groups attached to an aromatic ring is 1. The van der Waals surface area contributed by atoms with Crippen LogP contribution in [0.25, 0.3) is 11.1 Å². The lowest BCUT2D eigenvalue weighted by Gasteiger charge is -2.25. The smallest absolute Gasteiger partial charge is 0.252 e. The molecule has 0 aliphatic heterocycles. The van der Waals surface area contributed by atoms with Gasteiger partial charge in [0, 0.05) is 22.4 Å². The van der Waals surface area contributed by atoms with Gasteiger partial charge in [-0.1, -0.05) is 42.5 Å². The van der Waals surface area contributed by atoms with E-state index in [0.29, 0.717) is 22.4 Å². The zero-order valence-corrected chi connectivity index (χ0v) is 19.4. The van der Waals surface area contributed by atoms with Crippen molar-refractivity contribution in [3.05, 3.63) is 83.9 Å². The van der Waals surface area contributed by atoms with Gasteiger partial charge in [0.15, 0.2) is 0 Å². The van der Waals surface area contributed by atoms with Crippen molar-refractivity contribution in [3.8, 4) is 11.1 Å². The standard InChI is InChI=1S/C24H25N5O4S/c1-24(2,29-22(30)17-7-5-6-16(14-17)21(25)26)23(31)28-18-12-10-15(11-13-18)19-8-3-4-9-20(19)34(27,32)33/h3-14H,1-2H3,(H3,25,26)(H,28,31)(H,29,30)(H2,27,32,33). The predicted molar refractivity (Wildman–Crippen MR) is 131 cm³/mol. The van der Waals surface area contributed by atoms with Crippen LogP contribution in [0.4, 0.5) is 5.69 Å². The van der Waals surface area contributed by atoms with E-state index in [1.165, 1.54) is 12.1 Å². The van der Waals surface area contributed by atoms with Gasteiger partial charge in [0.1, 0.15) is 11.4 Å². The van der Waals surface area contributed by atoms with Crippen LogP contribution in [0.5, 0.6) is 0 Å². The first-order valence-corrected chi connectivity index (χ1v) is 11.7. The topological polar surface area (TPSA) is 168 Å². The van der Waals surface area contributed by atoms with E-state index in [-0.39, 0.29) is 16.3 Å². The lowest BCUT2D eigenvalue weighted by atomic mass is 10.0. The van der Waals surface area contributed by atoms with E-state index < -0.39 is 27.4 Å². The van der Waals surface area contributed by atoms with E-state index in [9.17, 15) is 18.0 Å². The molecule has 0 spiro atoms. The van der Waals surface area contributed by atoms with Crippen LogP contribution in [0.15, 0.2) is 77.7 Å². The average molecular weight is 480 g/mol. The molecule has 0 aromatic heterocycles. The van der Waals surface area contributed by atoms with Crippen molar-refractivity contribution >= 4 is 33.4 Å². The molecule has 0 saturated carbocycles. The highest BCUT2D eigenvalue weighted by molar-refractivity contribution is 7.89. The summed E-state index contributed by atoms with van der Waals surface area (Å²) in [5, 5.41) is 18.2. The molecule has 0 atom stereocenters. The Bertz CT molecular complexity index is 1370. The number of rotatable bonds is 7. The third-order valence-corrected chi connectivity index (χ3v) is 6.05. The second kappa shape index (κ2) is 9.46. The number of nitrogens with two attached hydrogens (primary N) is 2. The maximum atomic E-state index is 12.8. The number of sulfonamides is 1. The van der Waals surface area contributed by atoms with Crippen LogP contribution in [-0.4, -0.2) is 31.6 Å². The van der Waals surface area contributed by atoms with Gasteiger partial charge in [0.2, 0.25) is 15.9 Å². The number of hydrogen-bond acceptors (Lipinski definition) is 5. The molecule has 176 valence electrons. The van der Waals surface area contributed by atoms with Crippen molar-refractivity contribution in [2.24, 2.45) is 10.9 Å². The van der Waals surface area contributed by atoms with Gasteiger partial charge < -0.3 is 16.4 Å². The van der Waals surface area contributed by atoms with Gasteiger partial charge in [0.25, 0.3) is 5.91 Å². The number of amidine groups is 1. The van der Waals surface area contributed by atoms with E-state index in [0.717, 1.165) is 0 Å². The van der Waals surface area contributed by atoms with Crippen LogP contribution < -0.4 is 21.5 Å². The molecule has 0 bridgehead atoms. The second-order valence-electron chi connectivity index (χ2n) is 8.15. The van der Waals surface area contributed by atoms with E-state index in [1.54, 1.807) is 74.5 Å². The minimum absolute atomic E-state index is 0.00414. The van der Waals surface area contributed by atoms with Crippen LogP contribution in [-0.2, 0) is 14.8 Å². The Balaban J connectivity index is 1.74. The van der Waals surface area contributed by atoms with Crippen LogP contribution in [0.3, 0.4) is 0 Å². The highest BCUT2D eigenvalue weighted by atomic mass is 32.2. The van der Waals surface area contributed by atoms with Crippen molar-refractivity contribution in [1.29, 1.82) is 5.41 Å². The van der Waals surface area contributed by atoms with Crippen LogP contribution in [0, 0.1) is 5.41 Å². The molecule has 0 aliphatic carbocycles. The largest absolute Gasteiger partial charge is 0.384 e. The van der Waals surface area contributed by atoms with Gasteiger partial charge in [-0.05, 0) is 49.7 Å². The zero-order valence-electron chi connectivity index (χ0n) is 18.6. The fourth-order valence-corrected chi connectivity index (χ4v) is 3.98. The number of nitrogens with one attached hydrogen (secondary N) is 3. The molecule has 2 amide bonds. The van der Waals surface area contributed by atoms with Gasteiger partial charge in [-0.25, -0.2) is 13.6 Å². The zero-order chi connectivity index (χ0) is 25.1. The minimum Gasteiger partial charge on any atom is -0.384 e. The van der Waals surface area contributed by atoms with Crippen LogP contribution in [0.1, 0.15) is 29.8 Å². The summed E-state index contributed by atoms with van der Waals surface area (Å²) in [6.07, 6.45) is 0. The molecule has 0 fully saturated rings. The maximum Gasteiger partial charge on any atom is 0.252 e. The van der Waals surface area contributed by atoms with Crippen molar-refractivity contribution in [2.45, 2.75) is 24.3 Å². The maximum absolute atomic E-state index is 12.8. The number of amides is 2. The summed E-state index contributed by atoms with van der Waals surface area (Å²) in [6.45, 7) is 3.12. The minimum atomic E-state index is -3.90. The fourth-order valence-electron chi connectivity index (χ4n) is 3.21. The Hall–Kier alpha value is -4.02. The molecule has 3 rings (SSSR count). The Morgan fingerprint density at radius 3 is 2.15 bits per heavy atom. The second-order valence-corrected chi connectivity index (χ2v) is 9.68. The summed E-state index contributed by atoms with van der Waals surface area (Å²) in [7, 11) is -3.90.